The second-order valence-corrected chi connectivity index (χ2v) is 9.20. The van der Waals surface area contributed by atoms with Crippen LogP contribution in [0.15, 0.2) is 79.0 Å². The fraction of sp³-hybridized carbons (Fsp3) is 0.345. The Balaban J connectivity index is 1.30. The van der Waals surface area contributed by atoms with Gasteiger partial charge in [-0.1, -0.05) is 73.9 Å². The molecular weight excluding hydrogens is 397 g/mol. The summed E-state index contributed by atoms with van der Waals surface area (Å²) >= 11 is 0. The van der Waals surface area contributed by atoms with Gasteiger partial charge in [-0.15, -0.1) is 0 Å². The van der Waals surface area contributed by atoms with Crippen molar-refractivity contribution in [1.82, 2.24) is 4.98 Å². The maximum Gasteiger partial charge on any atom is 0.123 e. The predicted octanol–water partition coefficient (Wildman–Crippen LogP) is 7.31. The molecule has 2 saturated carbocycles. The van der Waals surface area contributed by atoms with Crippen molar-refractivity contribution in [3.05, 3.63) is 96.1 Å². The Hall–Kier alpha value is -2.78. The van der Waals surface area contributed by atoms with Crippen LogP contribution in [0.1, 0.15) is 43.4 Å². The number of ether oxygens (including phenoxy) is 1. The van der Waals surface area contributed by atoms with Crippen LogP contribution in [0.2, 0.25) is 0 Å². The highest BCUT2D eigenvalue weighted by Gasteiger charge is 2.43. The second-order valence-electron chi connectivity index (χ2n) is 9.20. The highest BCUT2D eigenvalue weighted by molar-refractivity contribution is 5.63. The van der Waals surface area contributed by atoms with Gasteiger partial charge < -0.3 is 4.74 Å². The van der Waals surface area contributed by atoms with Crippen LogP contribution in [0.3, 0.4) is 0 Å². The minimum Gasteiger partial charge on any atom is -0.373 e. The molecule has 3 heteroatoms. The number of hydrogen-bond donors (Lipinski definition) is 0. The van der Waals surface area contributed by atoms with Crippen LogP contribution in [0, 0.1) is 23.6 Å². The van der Waals surface area contributed by atoms with Crippen LogP contribution in [-0.2, 0) is 11.3 Å². The summed E-state index contributed by atoms with van der Waals surface area (Å²) in [5.41, 5.74) is 3.95. The van der Waals surface area contributed by atoms with E-state index in [4.69, 9.17) is 4.74 Å². The number of pyridine rings is 1. The highest BCUT2D eigenvalue weighted by Crippen LogP contribution is 2.48. The first-order valence-electron chi connectivity index (χ1n) is 11.8. The molecule has 2 aliphatic rings. The lowest BCUT2D eigenvalue weighted by Crippen LogP contribution is -2.22. The van der Waals surface area contributed by atoms with Crippen molar-refractivity contribution >= 4 is 6.08 Å². The zero-order chi connectivity index (χ0) is 21.8. The Bertz CT molecular complexity index is 1050. The number of fused-ring (bicyclic) bond motifs is 1. The van der Waals surface area contributed by atoms with Gasteiger partial charge in [0.2, 0.25) is 0 Å². The molecule has 0 bridgehead atoms. The van der Waals surface area contributed by atoms with Gasteiger partial charge in [0, 0.05) is 17.7 Å². The van der Waals surface area contributed by atoms with E-state index in [9.17, 15) is 4.39 Å². The molecule has 2 fully saturated rings. The zero-order valence-corrected chi connectivity index (χ0v) is 18.4. The Morgan fingerprint density at radius 2 is 1.81 bits per heavy atom. The lowest BCUT2D eigenvalue weighted by atomic mass is 9.78. The van der Waals surface area contributed by atoms with Gasteiger partial charge >= 0.3 is 0 Å². The van der Waals surface area contributed by atoms with E-state index in [1.54, 1.807) is 12.1 Å². The lowest BCUT2D eigenvalue weighted by Gasteiger charge is -2.28. The number of aromatic nitrogens is 1. The second kappa shape index (κ2) is 9.79. The van der Waals surface area contributed by atoms with Gasteiger partial charge in [0.15, 0.2) is 0 Å². The molecule has 4 atom stereocenters. The van der Waals surface area contributed by atoms with E-state index < -0.39 is 0 Å². The number of halogens is 1. The van der Waals surface area contributed by atoms with E-state index >= 15 is 0 Å². The highest BCUT2D eigenvalue weighted by atomic mass is 19.1. The molecule has 0 spiro atoms. The van der Waals surface area contributed by atoms with Gasteiger partial charge in [0.05, 0.1) is 18.4 Å². The minimum atomic E-state index is -0.226. The number of rotatable bonds is 6. The smallest absolute Gasteiger partial charge is 0.123 e. The summed E-state index contributed by atoms with van der Waals surface area (Å²) in [6.45, 7) is 0.676. The molecule has 0 aliphatic heterocycles. The Labute approximate surface area is 190 Å². The molecule has 2 aromatic carbocycles. The molecule has 0 amide bonds. The van der Waals surface area contributed by atoms with Gasteiger partial charge in [-0.25, -0.2) is 4.39 Å². The summed E-state index contributed by atoms with van der Waals surface area (Å²) in [6, 6.07) is 21.1. The largest absolute Gasteiger partial charge is 0.373 e. The Morgan fingerprint density at radius 1 is 0.938 bits per heavy atom. The van der Waals surface area contributed by atoms with Crippen LogP contribution in [-0.4, -0.2) is 11.1 Å². The molecule has 2 aliphatic carbocycles. The first-order chi connectivity index (χ1) is 15.8. The fourth-order valence-corrected chi connectivity index (χ4v) is 5.54. The summed E-state index contributed by atoms with van der Waals surface area (Å²) in [5, 5.41) is 0. The maximum absolute atomic E-state index is 13.5. The zero-order valence-electron chi connectivity index (χ0n) is 18.4. The maximum atomic E-state index is 13.5. The molecule has 164 valence electrons. The average molecular weight is 428 g/mol. The fourth-order valence-electron chi connectivity index (χ4n) is 5.54. The van der Waals surface area contributed by atoms with Crippen molar-refractivity contribution in [2.24, 2.45) is 17.8 Å². The quantitative estimate of drug-likeness (QED) is 0.411. The number of benzene rings is 2. The van der Waals surface area contributed by atoms with Gasteiger partial charge in [-0.2, -0.15) is 0 Å². The predicted molar refractivity (Wildman–Crippen MR) is 127 cm³/mol. The molecule has 0 saturated heterocycles. The van der Waals surface area contributed by atoms with Crippen molar-refractivity contribution in [2.75, 3.05) is 0 Å². The van der Waals surface area contributed by atoms with Gasteiger partial charge in [0.25, 0.3) is 0 Å². The lowest BCUT2D eigenvalue weighted by molar-refractivity contribution is 0.0215. The minimum absolute atomic E-state index is 0.226. The standard InChI is InChI=1S/C29H30FNO/c30-25-11-6-10-22(17-25)24-13-14-26(31-19-24)15-16-28-27-12-5-4-9-23(27)18-29(28)32-20-21-7-2-1-3-8-21/h1-3,6-8,10-11,13-17,19,23,27-29H,4-5,9,12,18,20H2/b16-15+/t23-,27-,28+,29+/m1/s1. The third-order valence-corrected chi connectivity index (χ3v) is 7.17. The van der Waals surface area contributed by atoms with E-state index in [1.165, 1.54) is 43.7 Å². The molecule has 3 aromatic rings. The van der Waals surface area contributed by atoms with Crippen molar-refractivity contribution in [1.29, 1.82) is 0 Å². The van der Waals surface area contributed by atoms with E-state index in [-0.39, 0.29) is 11.9 Å². The van der Waals surface area contributed by atoms with Crippen LogP contribution in [0.4, 0.5) is 4.39 Å². The van der Waals surface area contributed by atoms with Gasteiger partial charge in [-0.3, -0.25) is 4.98 Å². The topological polar surface area (TPSA) is 22.1 Å². The molecule has 5 rings (SSSR count). The van der Waals surface area contributed by atoms with Gasteiger partial charge in [0.1, 0.15) is 5.82 Å². The van der Waals surface area contributed by atoms with Crippen molar-refractivity contribution in [2.45, 2.75) is 44.8 Å². The third kappa shape index (κ3) is 4.83. The molecular formula is C29H30FNO. The monoisotopic (exact) mass is 427 g/mol. The number of nitrogens with zero attached hydrogens (tertiary/aromatic N) is 1. The SMILES string of the molecule is Fc1cccc(-c2ccc(/C=C/[C@H]3[C@@H]4CCCC[C@@H]4C[C@@H]3OCc3ccccc3)nc2)c1. The molecule has 0 unspecified atom stereocenters. The molecule has 2 nitrogen and oxygen atoms in total. The van der Waals surface area contributed by atoms with Gasteiger partial charge in [-0.05, 0) is 60.1 Å². The summed E-state index contributed by atoms with van der Waals surface area (Å²) < 4.78 is 20.0. The van der Waals surface area contributed by atoms with Crippen molar-refractivity contribution in [3.63, 3.8) is 0 Å². The molecule has 32 heavy (non-hydrogen) atoms. The first-order valence-corrected chi connectivity index (χ1v) is 11.8. The van der Waals surface area contributed by atoms with Crippen molar-refractivity contribution < 1.29 is 9.13 Å². The van der Waals surface area contributed by atoms with Crippen LogP contribution in [0.5, 0.6) is 0 Å². The van der Waals surface area contributed by atoms with Crippen LogP contribution >= 0.6 is 0 Å². The normalized spacial score (nSPS) is 25.2. The van der Waals surface area contributed by atoms with Crippen LogP contribution in [0.25, 0.3) is 17.2 Å². The first kappa shape index (κ1) is 21.1. The van der Waals surface area contributed by atoms with E-state index in [0.717, 1.165) is 22.7 Å². The van der Waals surface area contributed by atoms with Crippen LogP contribution < -0.4 is 0 Å². The van der Waals surface area contributed by atoms with E-state index in [0.29, 0.717) is 18.4 Å². The summed E-state index contributed by atoms with van der Waals surface area (Å²) in [4.78, 5) is 4.62. The van der Waals surface area contributed by atoms with E-state index in [2.05, 4.69) is 41.4 Å². The average Bonchev–Trinajstić information content (AvgIpc) is 3.20. The third-order valence-electron chi connectivity index (χ3n) is 7.17. The summed E-state index contributed by atoms with van der Waals surface area (Å²) in [7, 11) is 0. The molecule has 0 radical (unpaired) electrons. The van der Waals surface area contributed by atoms with E-state index in [1.807, 2.05) is 30.5 Å². The summed E-state index contributed by atoms with van der Waals surface area (Å²) in [5.74, 6) is 1.71. The number of hydrogen-bond acceptors (Lipinski definition) is 2. The molecule has 0 N–H and O–H groups in total. The van der Waals surface area contributed by atoms with Crippen molar-refractivity contribution in [3.8, 4) is 11.1 Å². The summed E-state index contributed by atoms with van der Waals surface area (Å²) in [6.07, 6.45) is 13.1. The molecule has 1 heterocycles. The molecule has 1 aromatic heterocycles. The Morgan fingerprint density at radius 3 is 2.62 bits per heavy atom. The Kier molecular flexibility index (Phi) is 6.45.